The number of ketones is 1. The molecule has 3 N–H and O–H groups in total. The van der Waals surface area contributed by atoms with Crippen LogP contribution < -0.4 is 4.74 Å². The summed E-state index contributed by atoms with van der Waals surface area (Å²) in [6.45, 7) is 2.15. The average molecular weight is 444 g/mol. The Balaban J connectivity index is 1.42. The number of carbonyl (C=O) groups is 2. The predicted molar refractivity (Wildman–Crippen MR) is 120 cm³/mol. The molecule has 0 radical (unpaired) electrons. The van der Waals surface area contributed by atoms with Gasteiger partial charge in [0, 0.05) is 49.9 Å². The topological polar surface area (TPSA) is 119 Å². The van der Waals surface area contributed by atoms with Gasteiger partial charge in [-0.15, -0.1) is 6.42 Å². The molecule has 2 aliphatic heterocycles. The highest BCUT2D eigenvalue weighted by atomic mass is 16.5. The van der Waals surface area contributed by atoms with Gasteiger partial charge < -0.3 is 24.8 Å². The highest BCUT2D eigenvalue weighted by Crippen LogP contribution is 2.40. The van der Waals surface area contributed by atoms with E-state index in [-0.39, 0.29) is 17.3 Å². The van der Waals surface area contributed by atoms with Crippen LogP contribution in [0.1, 0.15) is 27.2 Å². The summed E-state index contributed by atoms with van der Waals surface area (Å²) in [7, 11) is 0. The fraction of sp³-hybridized carbons (Fsp3) is 0.208. The lowest BCUT2D eigenvalue weighted by Gasteiger charge is -2.33. The van der Waals surface area contributed by atoms with Crippen molar-refractivity contribution in [3.8, 4) is 23.8 Å². The Morgan fingerprint density at radius 3 is 2.76 bits per heavy atom. The number of rotatable bonds is 3. The number of aromatic hydroxyl groups is 1. The summed E-state index contributed by atoms with van der Waals surface area (Å²) in [5.74, 6) is 2.72. The molecule has 2 aromatic heterocycles. The fourth-order valence-electron chi connectivity index (χ4n) is 4.14. The van der Waals surface area contributed by atoms with Gasteiger partial charge in [-0.1, -0.05) is 5.92 Å². The molecule has 0 saturated carbocycles. The zero-order chi connectivity index (χ0) is 23.1. The summed E-state index contributed by atoms with van der Waals surface area (Å²) in [6.07, 6.45) is 7.84. The molecule has 1 saturated heterocycles. The van der Waals surface area contributed by atoms with E-state index < -0.39 is 6.09 Å². The Morgan fingerprint density at radius 1 is 1.24 bits per heavy atom. The van der Waals surface area contributed by atoms with E-state index in [0.717, 1.165) is 10.9 Å². The van der Waals surface area contributed by atoms with Gasteiger partial charge in [-0.25, -0.2) is 9.78 Å². The first kappa shape index (κ1) is 20.6. The highest BCUT2D eigenvalue weighted by Gasteiger charge is 2.32. The van der Waals surface area contributed by atoms with Gasteiger partial charge in [-0.3, -0.25) is 9.69 Å². The van der Waals surface area contributed by atoms with E-state index in [1.807, 2.05) is 11.0 Å². The van der Waals surface area contributed by atoms with Crippen LogP contribution in [0, 0.1) is 12.3 Å². The largest absolute Gasteiger partial charge is 0.507 e. The van der Waals surface area contributed by atoms with Crippen LogP contribution in [0.4, 0.5) is 4.79 Å². The van der Waals surface area contributed by atoms with Crippen molar-refractivity contribution in [3.05, 3.63) is 58.6 Å². The fourth-order valence-corrected chi connectivity index (χ4v) is 4.14. The number of hydrogen-bond acceptors (Lipinski definition) is 6. The number of pyridine rings is 1. The van der Waals surface area contributed by atoms with E-state index in [9.17, 15) is 14.7 Å². The molecule has 1 fully saturated rings. The van der Waals surface area contributed by atoms with Gasteiger partial charge in [0.2, 0.25) is 5.78 Å². The van der Waals surface area contributed by atoms with E-state index in [1.165, 1.54) is 11.0 Å². The van der Waals surface area contributed by atoms with E-state index in [1.54, 1.807) is 24.4 Å². The summed E-state index contributed by atoms with van der Waals surface area (Å²) >= 11 is 0. The lowest BCUT2D eigenvalue weighted by atomic mass is 10.0. The minimum absolute atomic E-state index is 0.0292. The van der Waals surface area contributed by atoms with Crippen LogP contribution in [0.2, 0.25) is 0 Å². The standard InChI is InChI=1S/C24H20N4O5/c1-2-15-3-4-16-14(12-25-23(16)26-15)11-20-21(30)17-5-6-19(29)18(22(17)33-20)13-27-7-9-28(10-8-27)24(31)32/h1,3-6,11-12,29H,7-10,13H2,(H,25,26)(H,31,32)/b20-11-. The second-order valence-electron chi connectivity index (χ2n) is 7.91. The van der Waals surface area contributed by atoms with Crippen LogP contribution in [-0.2, 0) is 6.54 Å². The molecule has 0 unspecified atom stereocenters. The zero-order valence-electron chi connectivity index (χ0n) is 17.5. The molecule has 2 aliphatic rings. The third-order valence-corrected chi connectivity index (χ3v) is 5.95. The Morgan fingerprint density at radius 2 is 2.03 bits per heavy atom. The summed E-state index contributed by atoms with van der Waals surface area (Å²) in [4.78, 5) is 34.9. The molecule has 33 heavy (non-hydrogen) atoms. The highest BCUT2D eigenvalue weighted by molar-refractivity contribution is 6.15. The molecule has 4 heterocycles. The normalized spacial score (nSPS) is 17.2. The molecule has 3 aromatic rings. The Labute approximate surface area is 188 Å². The number of amides is 1. The average Bonchev–Trinajstić information content (AvgIpc) is 3.36. The van der Waals surface area contributed by atoms with Gasteiger partial charge in [0.05, 0.1) is 11.1 Å². The van der Waals surface area contributed by atoms with Crippen molar-refractivity contribution >= 4 is 29.0 Å². The molecule has 0 spiro atoms. The number of piperazine rings is 1. The van der Waals surface area contributed by atoms with Crippen LogP contribution in [-0.4, -0.2) is 68.0 Å². The van der Waals surface area contributed by atoms with Gasteiger partial charge in [0.15, 0.2) is 5.76 Å². The molecule has 166 valence electrons. The number of allylic oxidation sites excluding steroid dienone is 1. The molecule has 9 heteroatoms. The van der Waals surface area contributed by atoms with Crippen molar-refractivity contribution in [2.75, 3.05) is 26.2 Å². The molecule has 0 atom stereocenters. The lowest BCUT2D eigenvalue weighted by Crippen LogP contribution is -2.47. The van der Waals surface area contributed by atoms with Crippen molar-refractivity contribution < 1.29 is 24.5 Å². The summed E-state index contributed by atoms with van der Waals surface area (Å²) in [5.41, 5.74) is 2.73. The monoisotopic (exact) mass is 444 g/mol. The zero-order valence-corrected chi connectivity index (χ0v) is 17.5. The molecule has 9 nitrogen and oxygen atoms in total. The summed E-state index contributed by atoms with van der Waals surface area (Å²) in [5, 5.41) is 20.4. The van der Waals surface area contributed by atoms with Crippen molar-refractivity contribution in [2.45, 2.75) is 6.54 Å². The minimum atomic E-state index is -0.940. The first-order chi connectivity index (χ1) is 15.9. The van der Waals surface area contributed by atoms with E-state index in [4.69, 9.17) is 16.3 Å². The number of fused-ring (bicyclic) bond motifs is 2. The molecule has 5 rings (SSSR count). The number of hydrogen-bond donors (Lipinski definition) is 3. The number of phenolic OH excluding ortho intramolecular Hbond substituents is 1. The third kappa shape index (κ3) is 3.66. The van der Waals surface area contributed by atoms with E-state index in [0.29, 0.717) is 60.9 Å². The predicted octanol–water partition coefficient (Wildman–Crippen LogP) is 2.66. The number of H-pyrrole nitrogens is 1. The van der Waals surface area contributed by atoms with Crippen LogP contribution in [0.25, 0.3) is 17.1 Å². The number of aromatic nitrogens is 2. The summed E-state index contributed by atoms with van der Waals surface area (Å²) < 4.78 is 5.95. The van der Waals surface area contributed by atoms with Gasteiger partial charge >= 0.3 is 6.09 Å². The molecular weight excluding hydrogens is 424 g/mol. The van der Waals surface area contributed by atoms with Crippen molar-refractivity contribution in [1.82, 2.24) is 19.8 Å². The van der Waals surface area contributed by atoms with Crippen LogP contribution >= 0.6 is 0 Å². The second kappa shape index (κ2) is 8.00. The smallest absolute Gasteiger partial charge is 0.407 e. The van der Waals surface area contributed by atoms with Crippen LogP contribution in [0.3, 0.4) is 0 Å². The Bertz CT molecular complexity index is 1360. The van der Waals surface area contributed by atoms with Crippen LogP contribution in [0.5, 0.6) is 11.5 Å². The quantitative estimate of drug-likeness (QED) is 0.420. The van der Waals surface area contributed by atoms with Crippen molar-refractivity contribution in [2.24, 2.45) is 0 Å². The van der Waals surface area contributed by atoms with Gasteiger partial charge in [0.1, 0.15) is 22.8 Å². The SMILES string of the molecule is C#Cc1ccc2c(/C=C3\Oc4c(ccc(O)c4CN4CCN(C(=O)O)CC4)C3=O)c[nH]c2n1. The number of benzene rings is 1. The number of ether oxygens (including phenoxy) is 1. The Kier molecular flexibility index (Phi) is 4.99. The van der Waals surface area contributed by atoms with Gasteiger partial charge in [-0.2, -0.15) is 0 Å². The molecule has 1 amide bonds. The van der Waals surface area contributed by atoms with Gasteiger partial charge in [-0.05, 0) is 30.3 Å². The molecule has 0 bridgehead atoms. The maximum atomic E-state index is 13.0. The first-order valence-corrected chi connectivity index (χ1v) is 10.4. The van der Waals surface area contributed by atoms with Gasteiger partial charge in [0.25, 0.3) is 0 Å². The number of aromatic amines is 1. The maximum Gasteiger partial charge on any atom is 0.407 e. The molecule has 0 aliphatic carbocycles. The number of terminal acetylenes is 1. The summed E-state index contributed by atoms with van der Waals surface area (Å²) in [6, 6.07) is 6.60. The minimum Gasteiger partial charge on any atom is -0.507 e. The first-order valence-electron chi connectivity index (χ1n) is 10.4. The van der Waals surface area contributed by atoms with E-state index in [2.05, 4.69) is 15.9 Å². The number of carbonyl (C=O) groups excluding carboxylic acids is 1. The number of phenols is 1. The Hall–Kier alpha value is -4.29. The second-order valence-corrected chi connectivity index (χ2v) is 7.91. The molecular formula is C24H20N4O5. The maximum absolute atomic E-state index is 13.0. The number of nitrogens with zero attached hydrogens (tertiary/aromatic N) is 3. The van der Waals surface area contributed by atoms with Crippen molar-refractivity contribution in [1.29, 1.82) is 0 Å². The third-order valence-electron chi connectivity index (χ3n) is 5.95. The van der Waals surface area contributed by atoms with Crippen molar-refractivity contribution in [3.63, 3.8) is 0 Å². The number of carboxylic acid groups (broad SMARTS) is 1. The number of nitrogens with one attached hydrogen (secondary N) is 1. The van der Waals surface area contributed by atoms with E-state index >= 15 is 0 Å². The lowest BCUT2D eigenvalue weighted by molar-refractivity contribution is 0.101. The number of Topliss-reactive ketones (excluding diaryl/α,β-unsaturated/α-hetero) is 1. The van der Waals surface area contributed by atoms with Crippen LogP contribution in [0.15, 0.2) is 36.2 Å². The molecule has 1 aromatic carbocycles.